The Morgan fingerprint density at radius 1 is 1.23 bits per heavy atom. The molecule has 0 fully saturated rings. The first-order chi connectivity index (χ1) is 18.5. The highest BCUT2D eigenvalue weighted by atomic mass is 19.1. The number of rotatable bonds is 11. The van der Waals surface area contributed by atoms with E-state index in [2.05, 4.69) is 15.6 Å². The van der Waals surface area contributed by atoms with E-state index in [1.807, 2.05) is 13.8 Å². The maximum atomic E-state index is 13.8. The van der Waals surface area contributed by atoms with Crippen LogP contribution in [0.5, 0.6) is 0 Å². The number of aromatic nitrogens is 4. The molecule has 0 bridgehead atoms. The van der Waals surface area contributed by atoms with Crippen LogP contribution in [0.4, 0.5) is 20.2 Å². The molecule has 2 heterocycles. The molecule has 4 aromatic rings. The second-order valence-corrected chi connectivity index (χ2v) is 9.61. The molecule has 12 nitrogen and oxygen atoms in total. The van der Waals surface area contributed by atoms with Crippen LogP contribution < -0.4 is 16.8 Å². The fourth-order valence-electron chi connectivity index (χ4n) is 4.30. The number of amides is 1. The van der Waals surface area contributed by atoms with Crippen molar-refractivity contribution in [2.75, 3.05) is 5.73 Å². The number of aryl methyl sites for hydroxylation is 1. The van der Waals surface area contributed by atoms with Gasteiger partial charge in [0.2, 0.25) is 5.91 Å². The first kappa shape index (κ1) is 27.4. The number of anilines is 1. The Balaban J connectivity index is 1.37. The molecule has 0 spiro atoms. The molecule has 0 aliphatic carbocycles. The van der Waals surface area contributed by atoms with E-state index in [0.29, 0.717) is 18.4 Å². The van der Waals surface area contributed by atoms with Crippen LogP contribution in [0.15, 0.2) is 45.7 Å². The Morgan fingerprint density at radius 2 is 1.95 bits per heavy atom. The van der Waals surface area contributed by atoms with Crippen LogP contribution in [0.25, 0.3) is 22.4 Å². The van der Waals surface area contributed by atoms with E-state index in [4.69, 9.17) is 10.2 Å². The van der Waals surface area contributed by atoms with Gasteiger partial charge >= 0.3 is 5.76 Å². The number of hydrogen-bond acceptors (Lipinski definition) is 8. The number of carbonyl (C=O) groups is 1. The molecule has 4 rings (SSSR count). The highest BCUT2D eigenvalue weighted by Gasteiger charge is 2.18. The van der Waals surface area contributed by atoms with Crippen molar-refractivity contribution in [1.82, 2.24) is 24.9 Å². The molecule has 0 saturated carbocycles. The lowest BCUT2D eigenvalue weighted by Gasteiger charge is -2.20. The Morgan fingerprint density at radius 3 is 2.62 bits per heavy atom. The highest BCUT2D eigenvalue weighted by Crippen LogP contribution is 2.24. The lowest BCUT2D eigenvalue weighted by atomic mass is 10.0. The number of fused-ring (bicyclic) bond motifs is 1. The smallest absolute Gasteiger partial charge is 0.407 e. The number of carbonyl (C=O) groups excluding carboxylic acids is 1. The number of non-ortho nitro benzene ring substituents is 1. The number of nitrogens with one attached hydrogen (secondary N) is 1. The molecule has 1 atom stereocenters. The normalized spacial score (nSPS) is 12.2. The Bertz CT molecular complexity index is 1550. The van der Waals surface area contributed by atoms with Gasteiger partial charge in [-0.05, 0) is 37.0 Å². The summed E-state index contributed by atoms with van der Waals surface area (Å²) in [6.07, 6.45) is 2.61. The van der Waals surface area contributed by atoms with Gasteiger partial charge in [0, 0.05) is 30.6 Å². The third-order valence-corrected chi connectivity index (χ3v) is 6.09. The van der Waals surface area contributed by atoms with E-state index in [9.17, 15) is 28.5 Å². The molecular weight excluding hydrogens is 516 g/mol. The van der Waals surface area contributed by atoms with E-state index in [1.165, 1.54) is 33.6 Å². The predicted molar refractivity (Wildman–Crippen MR) is 138 cm³/mol. The van der Waals surface area contributed by atoms with Gasteiger partial charge in [-0.3, -0.25) is 19.5 Å². The molecular formula is C25H27F2N7O5. The van der Waals surface area contributed by atoms with Crippen LogP contribution >= 0.6 is 0 Å². The third-order valence-electron chi connectivity index (χ3n) is 6.09. The van der Waals surface area contributed by atoms with Crippen LogP contribution in [-0.2, 0) is 17.9 Å². The number of nitrogens with zero attached hydrogens (tertiary/aromatic N) is 5. The zero-order valence-electron chi connectivity index (χ0n) is 21.3. The minimum Gasteiger partial charge on any atom is -0.407 e. The summed E-state index contributed by atoms with van der Waals surface area (Å²) in [6, 6.07) is 5.77. The molecule has 1 amide bonds. The fourth-order valence-corrected chi connectivity index (χ4v) is 4.30. The van der Waals surface area contributed by atoms with Crippen molar-refractivity contribution < 1.29 is 22.9 Å². The standard InChI is InChI=1S/C25H27F2N7O5/c1-14(2)8-16(12-32-13-20(30-31-32)15-9-18(26)24(28)19(27)10-15)29-23(35)4-3-7-33-21-6-5-17(34(37)38)11-22(21)39-25(33)36/h5-6,9-11,13-14,16H,3-4,7-8,12,28H2,1-2H3,(H,29,35)/t16-/m0/s1. The average Bonchev–Trinajstić information content (AvgIpc) is 3.45. The number of nitro benzene ring substituents is 1. The van der Waals surface area contributed by atoms with Crippen LogP contribution in [0.3, 0.4) is 0 Å². The highest BCUT2D eigenvalue weighted by molar-refractivity contribution is 5.77. The van der Waals surface area contributed by atoms with Crippen LogP contribution in [-0.4, -0.2) is 36.4 Å². The Labute approximate surface area is 220 Å². The topological polar surface area (TPSA) is 164 Å². The number of halogens is 2. The fraction of sp³-hybridized carbons (Fsp3) is 0.360. The van der Waals surface area contributed by atoms with Gasteiger partial charge in [0.05, 0.1) is 29.2 Å². The van der Waals surface area contributed by atoms with E-state index < -0.39 is 28.0 Å². The van der Waals surface area contributed by atoms with Crippen molar-refractivity contribution in [1.29, 1.82) is 0 Å². The molecule has 2 aromatic carbocycles. The number of nitrogens with two attached hydrogens (primary N) is 1. The largest absolute Gasteiger partial charge is 0.419 e. The number of nitrogen functional groups attached to an aromatic ring is 1. The molecule has 0 saturated heterocycles. The lowest BCUT2D eigenvalue weighted by molar-refractivity contribution is -0.384. The van der Waals surface area contributed by atoms with Gasteiger partial charge in [-0.25, -0.2) is 18.3 Å². The number of nitro groups is 1. The van der Waals surface area contributed by atoms with Gasteiger partial charge in [0.15, 0.2) is 5.58 Å². The zero-order valence-corrected chi connectivity index (χ0v) is 21.3. The zero-order chi connectivity index (χ0) is 28.3. The minimum atomic E-state index is -0.892. The van der Waals surface area contributed by atoms with E-state index in [1.54, 1.807) is 0 Å². The molecule has 14 heteroatoms. The van der Waals surface area contributed by atoms with Crippen molar-refractivity contribution in [3.8, 4) is 11.3 Å². The lowest BCUT2D eigenvalue weighted by Crippen LogP contribution is -2.39. The molecule has 0 aliphatic heterocycles. The Kier molecular flexibility index (Phi) is 8.02. The summed E-state index contributed by atoms with van der Waals surface area (Å²) in [5.41, 5.74) is 5.52. The summed E-state index contributed by atoms with van der Waals surface area (Å²) in [7, 11) is 0. The van der Waals surface area contributed by atoms with Gasteiger partial charge in [-0.1, -0.05) is 19.1 Å². The quantitative estimate of drug-likeness (QED) is 0.164. The summed E-state index contributed by atoms with van der Waals surface area (Å²) < 4.78 is 35.6. The van der Waals surface area contributed by atoms with Gasteiger partial charge in [-0.15, -0.1) is 5.10 Å². The summed E-state index contributed by atoms with van der Waals surface area (Å²) in [6.45, 7) is 4.48. The van der Waals surface area contributed by atoms with Crippen LogP contribution in [0.2, 0.25) is 0 Å². The van der Waals surface area contributed by atoms with Crippen molar-refractivity contribution in [3.63, 3.8) is 0 Å². The molecule has 0 aliphatic rings. The molecule has 206 valence electrons. The minimum absolute atomic E-state index is 0.104. The van der Waals surface area contributed by atoms with Crippen molar-refractivity contribution >= 4 is 28.4 Å². The molecule has 0 radical (unpaired) electrons. The van der Waals surface area contributed by atoms with Gasteiger partial charge < -0.3 is 15.5 Å². The number of hydrogen-bond donors (Lipinski definition) is 2. The third kappa shape index (κ3) is 6.45. The van der Waals surface area contributed by atoms with Crippen molar-refractivity contribution in [3.05, 3.63) is 68.8 Å². The molecule has 39 heavy (non-hydrogen) atoms. The number of oxazole rings is 1. The van der Waals surface area contributed by atoms with Crippen LogP contribution in [0, 0.1) is 27.7 Å². The van der Waals surface area contributed by atoms with Gasteiger partial charge in [0.25, 0.3) is 5.69 Å². The van der Waals surface area contributed by atoms with Crippen LogP contribution in [0.1, 0.15) is 33.1 Å². The van der Waals surface area contributed by atoms with Crippen molar-refractivity contribution in [2.24, 2.45) is 5.92 Å². The SMILES string of the molecule is CC(C)C[C@@H](Cn1cc(-c2cc(F)c(N)c(F)c2)nn1)NC(=O)CCCn1c(=O)oc2cc([N+](=O)[O-])ccc21. The maximum Gasteiger partial charge on any atom is 0.419 e. The average molecular weight is 544 g/mol. The Hall–Kier alpha value is -4.62. The van der Waals surface area contributed by atoms with Crippen molar-refractivity contribution in [2.45, 2.75) is 52.2 Å². The van der Waals surface area contributed by atoms with E-state index in [-0.39, 0.29) is 59.9 Å². The summed E-state index contributed by atoms with van der Waals surface area (Å²) >= 11 is 0. The number of benzene rings is 2. The van der Waals surface area contributed by atoms with Gasteiger partial charge in [-0.2, -0.15) is 0 Å². The maximum absolute atomic E-state index is 13.8. The van der Waals surface area contributed by atoms with E-state index in [0.717, 1.165) is 12.1 Å². The summed E-state index contributed by atoms with van der Waals surface area (Å²) in [4.78, 5) is 35.3. The first-order valence-corrected chi connectivity index (χ1v) is 12.2. The summed E-state index contributed by atoms with van der Waals surface area (Å²) in [5, 5.41) is 21.9. The molecule has 3 N–H and O–H groups in total. The first-order valence-electron chi connectivity index (χ1n) is 12.2. The predicted octanol–water partition coefficient (Wildman–Crippen LogP) is 3.63. The molecule has 2 aromatic heterocycles. The van der Waals surface area contributed by atoms with Gasteiger partial charge in [0.1, 0.15) is 23.0 Å². The second-order valence-electron chi connectivity index (χ2n) is 9.61. The van der Waals surface area contributed by atoms with E-state index >= 15 is 0 Å². The summed E-state index contributed by atoms with van der Waals surface area (Å²) in [5.74, 6) is -2.43. The second kappa shape index (κ2) is 11.4. The monoisotopic (exact) mass is 543 g/mol. The molecule has 0 unspecified atom stereocenters.